The van der Waals surface area contributed by atoms with E-state index in [1.807, 2.05) is 12.1 Å². The molecule has 2 atom stereocenters. The van der Waals surface area contributed by atoms with Crippen LogP contribution in [0, 0.1) is 0 Å². The van der Waals surface area contributed by atoms with Crippen LogP contribution in [0.5, 0.6) is 0 Å². The molecule has 2 heterocycles. The average Bonchev–Trinajstić information content (AvgIpc) is 2.89. The normalized spacial score (nSPS) is 21.6. The number of amides is 1. The maximum atomic E-state index is 12.3. The molecule has 0 aliphatic carbocycles. The Labute approximate surface area is 141 Å². The summed E-state index contributed by atoms with van der Waals surface area (Å²) < 4.78 is 0. The largest absolute Gasteiger partial charge is 0.396 e. The third-order valence-electron chi connectivity index (χ3n) is 5.17. The Bertz CT molecular complexity index is 772. The third-order valence-corrected chi connectivity index (χ3v) is 5.17. The molecule has 0 aromatic heterocycles. The molecule has 3 N–H and O–H groups in total. The van der Waals surface area contributed by atoms with Crippen molar-refractivity contribution in [3.05, 3.63) is 64.7 Å². The van der Waals surface area contributed by atoms with Gasteiger partial charge in [0.25, 0.3) is 5.91 Å². The summed E-state index contributed by atoms with van der Waals surface area (Å²) in [5.41, 5.74) is 5.61. The standard InChI is InChI=1S/C20H22N2O2/c23-12-4-6-13-5-1-2-7-14(13)19-15-10-11-21-20(24)16-8-3-9-17(22-19)18(15)16/h1-3,5,7-9,15,19,22-23H,4,6,10-12H2,(H,21,24). The summed E-state index contributed by atoms with van der Waals surface area (Å²) in [5.74, 6) is 0.329. The van der Waals surface area contributed by atoms with Gasteiger partial charge in [0, 0.05) is 30.3 Å². The predicted octanol–water partition coefficient (Wildman–Crippen LogP) is 3.00. The Kier molecular flexibility index (Phi) is 3.98. The van der Waals surface area contributed by atoms with Crippen LogP contribution in [0.25, 0.3) is 0 Å². The van der Waals surface area contributed by atoms with Gasteiger partial charge in [-0.3, -0.25) is 4.79 Å². The number of carbonyl (C=O) groups is 1. The van der Waals surface area contributed by atoms with Crippen LogP contribution in [0.3, 0.4) is 0 Å². The van der Waals surface area contributed by atoms with Gasteiger partial charge < -0.3 is 15.7 Å². The van der Waals surface area contributed by atoms with E-state index in [0.29, 0.717) is 12.5 Å². The van der Waals surface area contributed by atoms with Crippen LogP contribution in [0.4, 0.5) is 5.69 Å². The number of aliphatic hydroxyl groups excluding tert-OH is 1. The number of aryl methyl sites for hydroxylation is 1. The second kappa shape index (κ2) is 6.29. The first-order chi connectivity index (χ1) is 11.8. The molecule has 124 valence electrons. The molecule has 2 aromatic rings. The lowest BCUT2D eigenvalue weighted by Gasteiger charge is -2.23. The Morgan fingerprint density at radius 1 is 1.12 bits per heavy atom. The van der Waals surface area contributed by atoms with Gasteiger partial charge in [0.2, 0.25) is 0 Å². The average molecular weight is 322 g/mol. The first kappa shape index (κ1) is 15.2. The van der Waals surface area contributed by atoms with Gasteiger partial charge in [0.05, 0.1) is 6.04 Å². The van der Waals surface area contributed by atoms with Crippen molar-refractivity contribution in [3.8, 4) is 0 Å². The van der Waals surface area contributed by atoms with Crippen molar-refractivity contribution in [2.45, 2.75) is 31.2 Å². The topological polar surface area (TPSA) is 61.4 Å². The molecule has 0 saturated heterocycles. The van der Waals surface area contributed by atoms with E-state index in [1.165, 1.54) is 11.1 Å². The Balaban J connectivity index is 1.76. The minimum Gasteiger partial charge on any atom is -0.396 e. The smallest absolute Gasteiger partial charge is 0.251 e. The fraction of sp³-hybridized carbons (Fsp3) is 0.350. The van der Waals surface area contributed by atoms with Crippen LogP contribution >= 0.6 is 0 Å². The highest BCUT2D eigenvalue weighted by molar-refractivity contribution is 5.98. The molecule has 4 rings (SSSR count). The fourth-order valence-electron chi connectivity index (χ4n) is 4.10. The lowest BCUT2D eigenvalue weighted by atomic mass is 9.84. The highest BCUT2D eigenvalue weighted by atomic mass is 16.2. The predicted molar refractivity (Wildman–Crippen MR) is 94.3 cm³/mol. The van der Waals surface area contributed by atoms with Gasteiger partial charge in [-0.15, -0.1) is 0 Å². The van der Waals surface area contributed by atoms with E-state index >= 15 is 0 Å². The van der Waals surface area contributed by atoms with Crippen LogP contribution in [-0.2, 0) is 6.42 Å². The van der Waals surface area contributed by atoms with Gasteiger partial charge in [-0.1, -0.05) is 30.3 Å². The molecule has 0 bridgehead atoms. The highest BCUT2D eigenvalue weighted by Gasteiger charge is 2.38. The molecule has 2 aliphatic rings. The molecular weight excluding hydrogens is 300 g/mol. The van der Waals surface area contributed by atoms with Crippen LogP contribution in [-0.4, -0.2) is 24.2 Å². The second-order valence-corrected chi connectivity index (χ2v) is 6.57. The first-order valence-corrected chi connectivity index (χ1v) is 8.66. The van der Waals surface area contributed by atoms with Gasteiger partial charge >= 0.3 is 0 Å². The van der Waals surface area contributed by atoms with Gasteiger partial charge in [-0.2, -0.15) is 0 Å². The van der Waals surface area contributed by atoms with Gasteiger partial charge in [0.1, 0.15) is 0 Å². The van der Waals surface area contributed by atoms with E-state index in [2.05, 4.69) is 41.0 Å². The maximum absolute atomic E-state index is 12.3. The number of rotatable bonds is 4. The molecule has 0 spiro atoms. The van der Waals surface area contributed by atoms with Gasteiger partial charge in [-0.25, -0.2) is 0 Å². The van der Waals surface area contributed by atoms with Crippen molar-refractivity contribution in [1.82, 2.24) is 5.32 Å². The highest BCUT2D eigenvalue weighted by Crippen LogP contribution is 2.48. The summed E-state index contributed by atoms with van der Waals surface area (Å²) in [4.78, 5) is 12.3. The number of nitrogens with one attached hydrogen (secondary N) is 2. The lowest BCUT2D eigenvalue weighted by molar-refractivity contribution is 0.0956. The molecule has 0 radical (unpaired) electrons. The molecule has 0 fully saturated rings. The maximum Gasteiger partial charge on any atom is 0.251 e. The summed E-state index contributed by atoms with van der Waals surface area (Å²) >= 11 is 0. The van der Waals surface area contributed by atoms with Crippen molar-refractivity contribution in [1.29, 1.82) is 0 Å². The minimum atomic E-state index is 0.0327. The quantitative estimate of drug-likeness (QED) is 0.811. The van der Waals surface area contributed by atoms with E-state index in [-0.39, 0.29) is 18.6 Å². The summed E-state index contributed by atoms with van der Waals surface area (Å²) in [7, 11) is 0. The molecule has 2 aromatic carbocycles. The first-order valence-electron chi connectivity index (χ1n) is 8.66. The Morgan fingerprint density at radius 2 is 2.00 bits per heavy atom. The zero-order valence-electron chi connectivity index (χ0n) is 13.6. The Morgan fingerprint density at radius 3 is 2.88 bits per heavy atom. The van der Waals surface area contributed by atoms with Crippen LogP contribution in [0.2, 0.25) is 0 Å². The fourth-order valence-corrected chi connectivity index (χ4v) is 4.10. The van der Waals surface area contributed by atoms with E-state index in [0.717, 1.165) is 36.1 Å². The minimum absolute atomic E-state index is 0.0327. The molecule has 4 heteroatoms. The second-order valence-electron chi connectivity index (χ2n) is 6.57. The van der Waals surface area contributed by atoms with Crippen LogP contribution in [0.15, 0.2) is 42.5 Å². The summed E-state index contributed by atoms with van der Waals surface area (Å²) in [6, 6.07) is 14.6. The summed E-state index contributed by atoms with van der Waals surface area (Å²) in [6.45, 7) is 0.910. The van der Waals surface area contributed by atoms with E-state index in [4.69, 9.17) is 0 Å². The SMILES string of the molecule is O=C1NCCC2c3c(cccc31)NC2c1ccccc1CCCO. The summed E-state index contributed by atoms with van der Waals surface area (Å²) in [6.07, 6.45) is 2.58. The number of hydrogen-bond donors (Lipinski definition) is 3. The molecule has 4 nitrogen and oxygen atoms in total. The van der Waals surface area contributed by atoms with Crippen molar-refractivity contribution in [2.75, 3.05) is 18.5 Å². The monoisotopic (exact) mass is 322 g/mol. The number of hydrogen-bond acceptors (Lipinski definition) is 3. The number of aliphatic hydroxyl groups is 1. The zero-order chi connectivity index (χ0) is 16.5. The molecule has 2 unspecified atom stereocenters. The number of anilines is 1. The third kappa shape index (κ3) is 2.47. The van der Waals surface area contributed by atoms with Gasteiger partial charge in [-0.05, 0) is 48.1 Å². The van der Waals surface area contributed by atoms with Gasteiger partial charge in [0.15, 0.2) is 0 Å². The van der Waals surface area contributed by atoms with E-state index < -0.39 is 0 Å². The lowest BCUT2D eigenvalue weighted by Crippen LogP contribution is -2.23. The van der Waals surface area contributed by atoms with Crippen LogP contribution in [0.1, 0.15) is 51.8 Å². The molecule has 0 saturated carbocycles. The Hall–Kier alpha value is -2.33. The van der Waals surface area contributed by atoms with Crippen molar-refractivity contribution >= 4 is 11.6 Å². The molecule has 2 aliphatic heterocycles. The summed E-state index contributed by atoms with van der Waals surface area (Å²) in [5, 5.41) is 15.8. The number of carbonyl (C=O) groups excluding carboxylic acids is 1. The van der Waals surface area contributed by atoms with Crippen LogP contribution < -0.4 is 10.6 Å². The van der Waals surface area contributed by atoms with E-state index in [9.17, 15) is 9.90 Å². The van der Waals surface area contributed by atoms with Crippen molar-refractivity contribution in [2.24, 2.45) is 0 Å². The molecular formula is C20H22N2O2. The van der Waals surface area contributed by atoms with E-state index in [1.54, 1.807) is 0 Å². The van der Waals surface area contributed by atoms with Crippen molar-refractivity contribution < 1.29 is 9.90 Å². The molecule has 24 heavy (non-hydrogen) atoms. The number of benzene rings is 2. The van der Waals surface area contributed by atoms with Crippen molar-refractivity contribution in [3.63, 3.8) is 0 Å². The zero-order valence-corrected chi connectivity index (χ0v) is 13.6. The molecule has 1 amide bonds.